The molecule has 184 valence electrons. The first-order valence-corrected chi connectivity index (χ1v) is 10.8. The number of benzene rings is 2. The molecule has 4 aromatic rings. The maximum absolute atomic E-state index is 14.0. The number of carbonyl (C=O) groups excluding carboxylic acids is 2. The van der Waals surface area contributed by atoms with Crippen molar-refractivity contribution in [1.29, 1.82) is 0 Å². The molecule has 1 aliphatic heterocycles. The normalized spacial score (nSPS) is 12.9. The van der Waals surface area contributed by atoms with Gasteiger partial charge in [0.05, 0.1) is 49.6 Å². The number of hydrogen-bond donors (Lipinski definition) is 0. The van der Waals surface area contributed by atoms with Gasteiger partial charge in [0.15, 0.2) is 5.69 Å². The highest BCUT2D eigenvalue weighted by Crippen LogP contribution is 2.41. The molecule has 2 aromatic heterocycles. The van der Waals surface area contributed by atoms with Gasteiger partial charge in [-0.1, -0.05) is 12.1 Å². The van der Waals surface area contributed by atoms with Gasteiger partial charge in [-0.3, -0.25) is 4.79 Å². The van der Waals surface area contributed by atoms with Crippen molar-refractivity contribution in [2.75, 3.05) is 18.6 Å². The molecule has 12 heteroatoms. The summed E-state index contributed by atoms with van der Waals surface area (Å²) in [5.74, 6) is -0.840. The molecule has 0 fully saturated rings. The molecule has 1 amide bonds. The number of hydrogen-bond acceptors (Lipinski definition) is 7. The van der Waals surface area contributed by atoms with E-state index in [2.05, 4.69) is 15.3 Å². The summed E-state index contributed by atoms with van der Waals surface area (Å²) in [5.41, 5.74) is -0.562. The average Bonchev–Trinajstić information content (AvgIpc) is 3.42. The average molecular weight is 497 g/mol. The largest absolute Gasteiger partial charge is 0.497 e. The van der Waals surface area contributed by atoms with Crippen LogP contribution in [0, 0.1) is 0 Å². The number of carbonyl (C=O) groups is 2. The van der Waals surface area contributed by atoms with Gasteiger partial charge in [-0.15, -0.1) is 5.10 Å². The van der Waals surface area contributed by atoms with Crippen molar-refractivity contribution in [3.05, 3.63) is 71.2 Å². The Balaban J connectivity index is 1.63. The molecule has 5 rings (SSSR count). The SMILES string of the molecule is CCOC(=O)c1cnn(-c2ccc3c4c(cnnc24)C(=O)N3Cc2ccc(OC)cc2)c1C(F)(F)F. The molecule has 0 radical (unpaired) electrons. The van der Waals surface area contributed by atoms with Gasteiger partial charge in [0.2, 0.25) is 0 Å². The van der Waals surface area contributed by atoms with E-state index in [1.165, 1.54) is 30.2 Å². The standard InChI is InChI=1S/C24H18F3N5O4/c1-3-36-23(34)16-11-29-32(21(16)24(25,26)27)18-9-8-17-19-15(10-28-30-20(18)19)22(33)31(17)12-13-4-6-14(35-2)7-5-13/h4-11H,3,12H2,1-2H3. The van der Waals surface area contributed by atoms with Crippen LogP contribution in [-0.2, 0) is 17.5 Å². The quantitative estimate of drug-likeness (QED) is 0.369. The van der Waals surface area contributed by atoms with E-state index in [4.69, 9.17) is 9.47 Å². The monoisotopic (exact) mass is 497 g/mol. The van der Waals surface area contributed by atoms with Crippen molar-refractivity contribution in [2.24, 2.45) is 0 Å². The lowest BCUT2D eigenvalue weighted by Gasteiger charge is -2.18. The molecule has 1 aliphatic rings. The van der Waals surface area contributed by atoms with Crippen LogP contribution in [0.1, 0.15) is 38.9 Å². The second kappa shape index (κ2) is 8.63. The zero-order valence-electron chi connectivity index (χ0n) is 19.0. The number of nitrogens with zero attached hydrogens (tertiary/aromatic N) is 5. The summed E-state index contributed by atoms with van der Waals surface area (Å²) in [6.07, 6.45) is -2.84. The first kappa shape index (κ1) is 23.3. The van der Waals surface area contributed by atoms with Crippen LogP contribution in [0.3, 0.4) is 0 Å². The Kier molecular flexibility index (Phi) is 5.58. The second-order valence-electron chi connectivity index (χ2n) is 7.86. The minimum atomic E-state index is -4.93. The number of rotatable bonds is 6. The lowest BCUT2D eigenvalue weighted by atomic mass is 10.1. The molecule has 0 N–H and O–H groups in total. The number of methoxy groups -OCH3 is 1. The number of amides is 1. The zero-order chi connectivity index (χ0) is 25.6. The van der Waals surface area contributed by atoms with Crippen molar-refractivity contribution in [3.63, 3.8) is 0 Å². The Morgan fingerprint density at radius 3 is 2.44 bits per heavy atom. The first-order chi connectivity index (χ1) is 17.2. The summed E-state index contributed by atoms with van der Waals surface area (Å²) in [4.78, 5) is 26.9. The van der Waals surface area contributed by atoms with Crippen LogP contribution in [0.2, 0.25) is 0 Å². The topological polar surface area (TPSA) is 99.4 Å². The fourth-order valence-corrected chi connectivity index (χ4v) is 4.19. The number of alkyl halides is 3. The molecule has 3 heterocycles. The molecule has 0 unspecified atom stereocenters. The maximum atomic E-state index is 14.0. The Bertz CT molecular complexity index is 1500. The van der Waals surface area contributed by atoms with E-state index in [-0.39, 0.29) is 35.8 Å². The van der Waals surface area contributed by atoms with E-state index in [0.29, 0.717) is 21.5 Å². The predicted molar refractivity (Wildman–Crippen MR) is 121 cm³/mol. The van der Waals surface area contributed by atoms with Crippen LogP contribution in [-0.4, -0.2) is 45.6 Å². The number of aromatic nitrogens is 4. The molecule has 36 heavy (non-hydrogen) atoms. The molecule has 0 aliphatic carbocycles. The number of anilines is 1. The minimum Gasteiger partial charge on any atom is -0.497 e. The number of esters is 1. The third-order valence-corrected chi connectivity index (χ3v) is 5.78. The fraction of sp³-hybridized carbons (Fsp3) is 0.208. The molecule has 0 bridgehead atoms. The van der Waals surface area contributed by atoms with E-state index in [1.807, 2.05) is 12.1 Å². The van der Waals surface area contributed by atoms with Crippen LogP contribution < -0.4 is 9.64 Å². The second-order valence-corrected chi connectivity index (χ2v) is 7.86. The van der Waals surface area contributed by atoms with Gasteiger partial charge < -0.3 is 14.4 Å². The Labute approximate surface area is 202 Å². The van der Waals surface area contributed by atoms with Crippen molar-refractivity contribution < 1.29 is 32.2 Å². The van der Waals surface area contributed by atoms with Crippen LogP contribution >= 0.6 is 0 Å². The summed E-state index contributed by atoms with van der Waals surface area (Å²) in [5, 5.41) is 12.1. The van der Waals surface area contributed by atoms with E-state index < -0.39 is 23.4 Å². The highest BCUT2D eigenvalue weighted by atomic mass is 19.4. The highest BCUT2D eigenvalue weighted by Gasteiger charge is 2.42. The Morgan fingerprint density at radius 1 is 1.06 bits per heavy atom. The molecule has 0 saturated heterocycles. The molecule has 0 atom stereocenters. The van der Waals surface area contributed by atoms with Gasteiger partial charge in [-0.05, 0) is 36.8 Å². The third kappa shape index (κ3) is 3.70. The van der Waals surface area contributed by atoms with E-state index in [0.717, 1.165) is 11.8 Å². The van der Waals surface area contributed by atoms with Crippen molar-refractivity contribution >= 4 is 28.5 Å². The van der Waals surface area contributed by atoms with Gasteiger partial charge in [0.25, 0.3) is 5.91 Å². The van der Waals surface area contributed by atoms with Crippen molar-refractivity contribution in [1.82, 2.24) is 20.0 Å². The van der Waals surface area contributed by atoms with Crippen LogP contribution in [0.5, 0.6) is 5.75 Å². The predicted octanol–water partition coefficient (Wildman–Crippen LogP) is 4.18. The maximum Gasteiger partial charge on any atom is 0.434 e. The number of ether oxygens (including phenoxy) is 2. The van der Waals surface area contributed by atoms with Gasteiger partial charge in [-0.25, -0.2) is 9.48 Å². The fourth-order valence-electron chi connectivity index (χ4n) is 4.19. The van der Waals surface area contributed by atoms with Gasteiger partial charge in [0, 0.05) is 5.39 Å². The first-order valence-electron chi connectivity index (χ1n) is 10.8. The molecule has 9 nitrogen and oxygen atoms in total. The lowest BCUT2D eigenvalue weighted by Crippen LogP contribution is -2.26. The molecular formula is C24H18F3N5O4. The van der Waals surface area contributed by atoms with Crippen LogP contribution in [0.15, 0.2) is 48.8 Å². The summed E-state index contributed by atoms with van der Waals surface area (Å²) < 4.78 is 52.6. The van der Waals surface area contributed by atoms with Crippen LogP contribution in [0.4, 0.5) is 18.9 Å². The van der Waals surface area contributed by atoms with Crippen molar-refractivity contribution in [3.8, 4) is 11.4 Å². The Hall–Kier alpha value is -4.48. The number of halogens is 3. The molecule has 0 spiro atoms. The van der Waals surface area contributed by atoms with E-state index >= 15 is 0 Å². The molecule has 0 saturated carbocycles. The summed E-state index contributed by atoms with van der Waals surface area (Å²) in [6.45, 7) is 1.61. The summed E-state index contributed by atoms with van der Waals surface area (Å²) >= 11 is 0. The van der Waals surface area contributed by atoms with Crippen molar-refractivity contribution in [2.45, 2.75) is 19.6 Å². The lowest BCUT2D eigenvalue weighted by molar-refractivity contribution is -0.143. The highest BCUT2D eigenvalue weighted by molar-refractivity contribution is 6.25. The smallest absolute Gasteiger partial charge is 0.434 e. The Morgan fingerprint density at radius 2 is 1.78 bits per heavy atom. The van der Waals surface area contributed by atoms with Crippen LogP contribution in [0.25, 0.3) is 16.6 Å². The molecule has 2 aromatic carbocycles. The zero-order valence-corrected chi connectivity index (χ0v) is 19.0. The summed E-state index contributed by atoms with van der Waals surface area (Å²) in [7, 11) is 1.55. The van der Waals surface area contributed by atoms with Gasteiger partial charge in [0.1, 0.15) is 16.8 Å². The minimum absolute atomic E-state index is 0.0413. The van der Waals surface area contributed by atoms with Gasteiger partial charge >= 0.3 is 12.1 Å². The summed E-state index contributed by atoms with van der Waals surface area (Å²) in [6, 6.07) is 10.1. The third-order valence-electron chi connectivity index (χ3n) is 5.78. The molecular weight excluding hydrogens is 479 g/mol. The van der Waals surface area contributed by atoms with Gasteiger partial charge in [-0.2, -0.15) is 23.4 Å². The van der Waals surface area contributed by atoms with E-state index in [9.17, 15) is 22.8 Å². The van der Waals surface area contributed by atoms with E-state index in [1.54, 1.807) is 19.2 Å².